The summed E-state index contributed by atoms with van der Waals surface area (Å²) in [6.45, 7) is -0.593. The number of aliphatic hydroxyl groups excluding tert-OH is 1. The molecule has 0 spiro atoms. The van der Waals surface area contributed by atoms with Gasteiger partial charge in [-0.1, -0.05) is 6.07 Å². The van der Waals surface area contributed by atoms with Crippen LogP contribution in [0.15, 0.2) is 23.2 Å². The van der Waals surface area contributed by atoms with Crippen LogP contribution in [0, 0.1) is 11.6 Å². The Labute approximate surface area is 157 Å². The fraction of sp³-hybridized carbons (Fsp3) is 0.529. The minimum absolute atomic E-state index is 0.0146. The summed E-state index contributed by atoms with van der Waals surface area (Å²) in [5.41, 5.74) is 4.84. The highest BCUT2D eigenvalue weighted by atomic mass is 19.4. The Bertz CT molecular complexity index is 706. The van der Waals surface area contributed by atoms with E-state index in [0.717, 1.165) is 12.1 Å². The monoisotopic (exact) mass is 409 g/mol. The lowest BCUT2D eigenvalue weighted by atomic mass is 9.93. The van der Waals surface area contributed by atoms with Crippen LogP contribution in [-0.4, -0.2) is 48.5 Å². The van der Waals surface area contributed by atoms with Gasteiger partial charge in [0.25, 0.3) is 0 Å². The summed E-state index contributed by atoms with van der Waals surface area (Å²) < 4.78 is 70.0. The number of amidine groups is 1. The molecule has 0 fully saturated rings. The zero-order valence-corrected chi connectivity index (χ0v) is 14.7. The minimum atomic E-state index is -4.55. The van der Waals surface area contributed by atoms with Gasteiger partial charge in [0.1, 0.15) is 17.5 Å². The number of aliphatic imine (C=N–C) groups is 1. The lowest BCUT2D eigenvalue weighted by Gasteiger charge is -2.20. The van der Waals surface area contributed by atoms with Gasteiger partial charge >= 0.3 is 12.3 Å². The molecule has 0 aromatic heterocycles. The van der Waals surface area contributed by atoms with Crippen molar-refractivity contribution in [3.63, 3.8) is 0 Å². The number of primary amides is 1. The Balaban J connectivity index is 2.15. The number of amides is 1. The molecule has 1 aliphatic rings. The summed E-state index contributed by atoms with van der Waals surface area (Å²) in [6.07, 6.45) is -9.63. The smallest absolute Gasteiger partial charge is 0.405 e. The van der Waals surface area contributed by atoms with Crippen molar-refractivity contribution in [1.82, 2.24) is 5.32 Å². The molecule has 4 N–H and O–H groups in total. The Kier molecular flexibility index (Phi) is 7.17. The average molecular weight is 409 g/mol. The predicted octanol–water partition coefficient (Wildman–Crippen LogP) is 2.61. The second kappa shape index (κ2) is 9.18. The molecule has 11 heteroatoms. The third-order valence-electron chi connectivity index (χ3n) is 4.22. The SMILES string of the molecule is NC(=O)O[C@@H]1CC[C@@H](c2c(F)cccc2F)CN=C1NCC(O)CC(F)(F)F. The van der Waals surface area contributed by atoms with E-state index in [9.17, 15) is 31.9 Å². The number of nitrogens with zero attached hydrogens (tertiary/aromatic N) is 1. The van der Waals surface area contributed by atoms with Crippen LogP contribution in [0.2, 0.25) is 0 Å². The second-order valence-corrected chi connectivity index (χ2v) is 6.42. The van der Waals surface area contributed by atoms with Gasteiger partial charge in [-0.25, -0.2) is 13.6 Å². The lowest BCUT2D eigenvalue weighted by Crippen LogP contribution is -2.42. The average Bonchev–Trinajstić information content (AvgIpc) is 2.74. The molecule has 1 heterocycles. The first kappa shape index (κ1) is 21.9. The number of hydrogen-bond acceptors (Lipinski definition) is 5. The van der Waals surface area contributed by atoms with Gasteiger partial charge in [0.2, 0.25) is 0 Å². The number of benzene rings is 1. The van der Waals surface area contributed by atoms with E-state index in [1.165, 1.54) is 6.07 Å². The fourth-order valence-corrected chi connectivity index (χ4v) is 3.01. The Hall–Kier alpha value is -2.43. The minimum Gasteiger partial charge on any atom is -0.438 e. The van der Waals surface area contributed by atoms with E-state index in [2.05, 4.69) is 10.3 Å². The van der Waals surface area contributed by atoms with Crippen LogP contribution in [-0.2, 0) is 4.74 Å². The molecule has 0 radical (unpaired) electrons. The summed E-state index contributed by atoms with van der Waals surface area (Å²) in [7, 11) is 0. The molecule has 0 bridgehead atoms. The number of aliphatic hydroxyl groups is 1. The molecule has 1 unspecified atom stereocenters. The quantitative estimate of drug-likeness (QED) is 0.652. The molecule has 1 amide bonds. The number of nitrogens with two attached hydrogens (primary N) is 1. The lowest BCUT2D eigenvalue weighted by molar-refractivity contribution is -0.152. The number of carbonyl (C=O) groups is 1. The van der Waals surface area contributed by atoms with Gasteiger partial charge in [-0.3, -0.25) is 4.99 Å². The van der Waals surface area contributed by atoms with Crippen molar-refractivity contribution in [2.24, 2.45) is 10.7 Å². The summed E-state index contributed by atoms with van der Waals surface area (Å²) in [4.78, 5) is 15.2. The van der Waals surface area contributed by atoms with E-state index in [1.54, 1.807) is 0 Å². The third-order valence-corrected chi connectivity index (χ3v) is 4.22. The van der Waals surface area contributed by atoms with E-state index in [4.69, 9.17) is 10.5 Å². The maximum atomic E-state index is 14.0. The van der Waals surface area contributed by atoms with Crippen LogP contribution in [0.5, 0.6) is 0 Å². The first-order valence-corrected chi connectivity index (χ1v) is 8.50. The number of hydrogen-bond donors (Lipinski definition) is 3. The van der Waals surface area contributed by atoms with Crippen LogP contribution in [0.3, 0.4) is 0 Å². The molecule has 0 saturated carbocycles. The molecule has 2 rings (SSSR count). The highest BCUT2D eigenvalue weighted by molar-refractivity contribution is 5.88. The first-order chi connectivity index (χ1) is 13.1. The third kappa shape index (κ3) is 6.32. The first-order valence-electron chi connectivity index (χ1n) is 8.50. The van der Waals surface area contributed by atoms with E-state index in [1.807, 2.05) is 0 Å². The van der Waals surface area contributed by atoms with Gasteiger partial charge in [-0.15, -0.1) is 0 Å². The van der Waals surface area contributed by atoms with E-state index in [0.29, 0.717) is 0 Å². The van der Waals surface area contributed by atoms with Crippen LogP contribution in [0.25, 0.3) is 0 Å². The Morgan fingerprint density at radius 1 is 1.32 bits per heavy atom. The van der Waals surface area contributed by atoms with E-state index in [-0.39, 0.29) is 30.8 Å². The molecular formula is C17H20F5N3O3. The van der Waals surface area contributed by atoms with Gasteiger partial charge in [-0.05, 0) is 25.0 Å². The normalized spacial score (nSPS) is 21.4. The number of halogens is 5. The number of alkyl halides is 3. The maximum Gasteiger partial charge on any atom is 0.405 e. The number of rotatable bonds is 5. The summed E-state index contributed by atoms with van der Waals surface area (Å²) >= 11 is 0. The Morgan fingerprint density at radius 2 is 1.96 bits per heavy atom. The van der Waals surface area contributed by atoms with Crippen molar-refractivity contribution in [1.29, 1.82) is 0 Å². The van der Waals surface area contributed by atoms with E-state index >= 15 is 0 Å². The number of nitrogens with one attached hydrogen (secondary N) is 1. The fourth-order valence-electron chi connectivity index (χ4n) is 3.01. The highest BCUT2D eigenvalue weighted by Crippen LogP contribution is 2.30. The molecule has 3 atom stereocenters. The van der Waals surface area contributed by atoms with Gasteiger partial charge in [0.15, 0.2) is 6.10 Å². The topological polar surface area (TPSA) is 96.9 Å². The van der Waals surface area contributed by atoms with Crippen molar-refractivity contribution >= 4 is 11.9 Å². The molecule has 6 nitrogen and oxygen atoms in total. The molecule has 156 valence electrons. The molecule has 28 heavy (non-hydrogen) atoms. The molecule has 1 aliphatic heterocycles. The number of ether oxygens (including phenoxy) is 1. The second-order valence-electron chi connectivity index (χ2n) is 6.42. The molecular weight excluding hydrogens is 389 g/mol. The zero-order valence-electron chi connectivity index (χ0n) is 14.7. The zero-order chi connectivity index (χ0) is 20.9. The van der Waals surface area contributed by atoms with Gasteiger partial charge in [0.05, 0.1) is 12.5 Å². The summed E-state index contributed by atoms with van der Waals surface area (Å²) in [6, 6.07) is 3.44. The van der Waals surface area contributed by atoms with Gasteiger partial charge in [0, 0.05) is 24.6 Å². The van der Waals surface area contributed by atoms with Crippen LogP contribution in [0.4, 0.5) is 26.7 Å². The van der Waals surface area contributed by atoms with Crippen LogP contribution < -0.4 is 11.1 Å². The standard InChI is InChI=1S/C17H20F5N3O3/c18-11-2-1-3-12(19)14(11)9-4-5-13(28-16(23)27)15(24-7-9)25-8-10(26)6-17(20,21)22/h1-3,9-10,13,26H,4-8H2,(H2,23,27)(H,24,25)/t9-,10?,13-/m1/s1. The highest BCUT2D eigenvalue weighted by Gasteiger charge is 2.32. The number of carbonyl (C=O) groups excluding carboxylic acids is 1. The predicted molar refractivity (Wildman–Crippen MR) is 89.8 cm³/mol. The summed E-state index contributed by atoms with van der Waals surface area (Å²) in [5.74, 6) is -2.17. The Morgan fingerprint density at radius 3 is 2.54 bits per heavy atom. The maximum absolute atomic E-state index is 14.0. The van der Waals surface area contributed by atoms with Crippen molar-refractivity contribution < 1.29 is 36.6 Å². The molecule has 0 saturated heterocycles. The van der Waals surface area contributed by atoms with Gasteiger partial charge < -0.3 is 20.9 Å². The van der Waals surface area contributed by atoms with Crippen molar-refractivity contribution in [2.45, 2.75) is 43.6 Å². The van der Waals surface area contributed by atoms with Crippen molar-refractivity contribution in [3.05, 3.63) is 35.4 Å². The van der Waals surface area contributed by atoms with E-state index < -0.39 is 55.0 Å². The molecule has 1 aromatic carbocycles. The van der Waals surface area contributed by atoms with Crippen LogP contribution >= 0.6 is 0 Å². The van der Waals surface area contributed by atoms with Gasteiger partial charge in [-0.2, -0.15) is 13.2 Å². The van der Waals surface area contributed by atoms with Crippen molar-refractivity contribution in [3.8, 4) is 0 Å². The van der Waals surface area contributed by atoms with Crippen LogP contribution in [0.1, 0.15) is 30.7 Å². The van der Waals surface area contributed by atoms with Crippen molar-refractivity contribution in [2.75, 3.05) is 13.1 Å². The molecule has 0 aliphatic carbocycles. The molecule has 1 aromatic rings. The largest absolute Gasteiger partial charge is 0.438 e. The summed E-state index contributed by atoms with van der Waals surface area (Å²) in [5, 5.41) is 12.0.